The summed E-state index contributed by atoms with van der Waals surface area (Å²) in [6, 6.07) is 20.7. The Morgan fingerprint density at radius 3 is 2.47 bits per heavy atom. The van der Waals surface area contributed by atoms with Crippen molar-refractivity contribution in [1.29, 1.82) is 0 Å². The Labute approximate surface area is 252 Å². The maximum absolute atomic E-state index is 13.1. The van der Waals surface area contributed by atoms with Gasteiger partial charge in [0.05, 0.1) is 11.2 Å². The highest BCUT2D eigenvalue weighted by Gasteiger charge is 2.31. The van der Waals surface area contributed by atoms with Gasteiger partial charge in [0.2, 0.25) is 0 Å². The molecular weight excluding hydrogens is 577 g/mol. The molecule has 0 spiro atoms. The molecule has 1 aliphatic heterocycles. The van der Waals surface area contributed by atoms with E-state index in [0.29, 0.717) is 16.7 Å². The number of hydrogen-bond donors (Lipinski definition) is 1. The Morgan fingerprint density at radius 1 is 1.05 bits per heavy atom. The summed E-state index contributed by atoms with van der Waals surface area (Å²) in [6.07, 6.45) is -1.37. The second-order valence-electron chi connectivity index (χ2n) is 10.4. The van der Waals surface area contributed by atoms with Crippen molar-refractivity contribution in [2.75, 3.05) is 17.2 Å². The molecule has 4 aromatic rings. The molecular formula is C31H31F3N6O2S. The summed E-state index contributed by atoms with van der Waals surface area (Å²) in [5, 5.41) is 8.19. The van der Waals surface area contributed by atoms with Gasteiger partial charge in [-0.15, -0.1) is 18.3 Å². The first-order chi connectivity index (χ1) is 20.5. The topological polar surface area (TPSA) is 84.6 Å². The number of ether oxygens (including phenoxy) is 1. The lowest BCUT2D eigenvalue weighted by Crippen LogP contribution is -2.41. The number of hydrogen-bond acceptors (Lipinski definition) is 5. The molecule has 2 heterocycles. The predicted molar refractivity (Wildman–Crippen MR) is 163 cm³/mol. The van der Waals surface area contributed by atoms with Gasteiger partial charge < -0.3 is 15.0 Å². The van der Waals surface area contributed by atoms with Crippen LogP contribution in [0.2, 0.25) is 0 Å². The Bertz CT molecular complexity index is 1600. The highest BCUT2D eigenvalue weighted by molar-refractivity contribution is 8.14. The molecule has 2 amide bonds. The van der Waals surface area contributed by atoms with Crippen LogP contribution in [0, 0.1) is 0 Å². The van der Waals surface area contributed by atoms with E-state index in [2.05, 4.69) is 49.1 Å². The second-order valence-corrected chi connectivity index (χ2v) is 11.5. The molecule has 0 aliphatic carbocycles. The Kier molecular flexibility index (Phi) is 8.77. The largest absolute Gasteiger partial charge is 0.573 e. The first kappa shape index (κ1) is 30.1. The molecule has 1 N–H and O–H groups in total. The molecule has 1 aromatic heterocycles. The minimum atomic E-state index is -4.75. The summed E-state index contributed by atoms with van der Waals surface area (Å²) in [6.45, 7) is 6.76. The third-order valence-corrected chi connectivity index (χ3v) is 8.02. The number of aromatic nitrogens is 3. The average Bonchev–Trinajstić information content (AvgIpc) is 3.47. The van der Waals surface area contributed by atoms with Gasteiger partial charge >= 0.3 is 12.4 Å². The van der Waals surface area contributed by atoms with Crippen LogP contribution in [0.15, 0.2) is 84.1 Å². The van der Waals surface area contributed by atoms with Crippen LogP contribution in [0.1, 0.15) is 38.3 Å². The molecule has 1 aliphatic rings. The highest BCUT2D eigenvalue weighted by Crippen LogP contribution is 2.29. The number of alkyl halides is 3. The molecule has 0 saturated carbocycles. The molecule has 43 heavy (non-hydrogen) atoms. The van der Waals surface area contributed by atoms with Crippen LogP contribution in [0.4, 0.5) is 23.7 Å². The number of rotatable bonds is 7. The maximum atomic E-state index is 13.1. The summed E-state index contributed by atoms with van der Waals surface area (Å²) in [5.74, 6) is 1.03. The number of para-hydroxylation sites is 1. The van der Waals surface area contributed by atoms with Gasteiger partial charge in [0.15, 0.2) is 11.0 Å². The van der Waals surface area contributed by atoms with Gasteiger partial charge in [0, 0.05) is 23.5 Å². The van der Waals surface area contributed by atoms with E-state index in [1.165, 1.54) is 40.8 Å². The number of amidine groups is 1. The molecule has 0 radical (unpaired) electrons. The van der Waals surface area contributed by atoms with Crippen molar-refractivity contribution in [3.8, 4) is 22.8 Å². The quantitative estimate of drug-likeness (QED) is 0.236. The van der Waals surface area contributed by atoms with Gasteiger partial charge in [0.25, 0.3) is 0 Å². The molecule has 12 heteroatoms. The van der Waals surface area contributed by atoms with Crippen LogP contribution in [-0.4, -0.2) is 44.6 Å². The molecule has 1 saturated heterocycles. The van der Waals surface area contributed by atoms with Crippen molar-refractivity contribution in [1.82, 2.24) is 20.1 Å². The maximum Gasteiger partial charge on any atom is 0.573 e. The SMILES string of the molecule is CCc1ccccc1N1CCCS/C1=N\C(=O)NC(C)(C)c1ccc(-c2ncn(-c3ccc(OC(F)(F)F)cc3)n2)cc1. The van der Waals surface area contributed by atoms with Gasteiger partial charge in [-0.1, -0.05) is 61.2 Å². The molecule has 1 fully saturated rings. The fraction of sp³-hybridized carbons (Fsp3) is 0.290. The molecule has 0 atom stereocenters. The van der Waals surface area contributed by atoms with Crippen molar-refractivity contribution in [2.24, 2.45) is 4.99 Å². The number of aliphatic imine (C=N–C) groups is 1. The van der Waals surface area contributed by atoms with E-state index in [4.69, 9.17) is 0 Å². The lowest BCUT2D eigenvalue weighted by Gasteiger charge is -2.31. The summed E-state index contributed by atoms with van der Waals surface area (Å²) >= 11 is 1.59. The van der Waals surface area contributed by atoms with Crippen molar-refractivity contribution in [3.05, 3.63) is 90.3 Å². The van der Waals surface area contributed by atoms with E-state index in [9.17, 15) is 18.0 Å². The van der Waals surface area contributed by atoms with Crippen LogP contribution in [0.5, 0.6) is 5.75 Å². The zero-order valence-electron chi connectivity index (χ0n) is 23.9. The predicted octanol–water partition coefficient (Wildman–Crippen LogP) is 7.34. The first-order valence-corrected chi connectivity index (χ1v) is 14.8. The normalized spacial score (nSPS) is 15.0. The van der Waals surface area contributed by atoms with Crippen LogP contribution in [0.25, 0.3) is 17.1 Å². The molecule has 3 aromatic carbocycles. The Hall–Kier alpha value is -4.32. The fourth-order valence-electron chi connectivity index (χ4n) is 4.76. The minimum Gasteiger partial charge on any atom is -0.406 e. The number of amides is 2. The zero-order valence-corrected chi connectivity index (χ0v) is 24.7. The Morgan fingerprint density at radius 2 is 1.77 bits per heavy atom. The highest BCUT2D eigenvalue weighted by atomic mass is 32.2. The van der Waals surface area contributed by atoms with Gasteiger partial charge in [-0.05, 0) is 68.1 Å². The summed E-state index contributed by atoms with van der Waals surface area (Å²) < 4.78 is 42.7. The van der Waals surface area contributed by atoms with E-state index in [1.54, 1.807) is 11.8 Å². The van der Waals surface area contributed by atoms with E-state index in [-0.39, 0.29) is 5.75 Å². The van der Waals surface area contributed by atoms with Gasteiger partial charge in [-0.25, -0.2) is 14.5 Å². The van der Waals surface area contributed by atoms with Crippen molar-refractivity contribution in [3.63, 3.8) is 0 Å². The van der Waals surface area contributed by atoms with Crippen molar-refractivity contribution in [2.45, 2.75) is 45.5 Å². The van der Waals surface area contributed by atoms with E-state index in [1.807, 2.05) is 50.2 Å². The number of anilines is 1. The molecule has 224 valence electrons. The van der Waals surface area contributed by atoms with Crippen LogP contribution >= 0.6 is 11.8 Å². The summed E-state index contributed by atoms with van der Waals surface area (Å²) in [5.41, 5.74) is 3.73. The molecule has 0 bridgehead atoms. The number of benzene rings is 3. The number of aryl methyl sites for hydroxylation is 1. The molecule has 5 rings (SSSR count). The van der Waals surface area contributed by atoms with E-state index < -0.39 is 17.9 Å². The number of thioether (sulfide) groups is 1. The number of nitrogens with one attached hydrogen (secondary N) is 1. The van der Waals surface area contributed by atoms with Crippen LogP contribution < -0.4 is 15.0 Å². The summed E-state index contributed by atoms with van der Waals surface area (Å²) in [7, 11) is 0. The van der Waals surface area contributed by atoms with Gasteiger partial charge in [-0.2, -0.15) is 4.99 Å². The fourth-order valence-corrected chi connectivity index (χ4v) is 5.71. The lowest BCUT2D eigenvalue weighted by atomic mass is 9.93. The molecule has 0 unspecified atom stereocenters. The summed E-state index contributed by atoms with van der Waals surface area (Å²) in [4.78, 5) is 24.1. The monoisotopic (exact) mass is 608 g/mol. The van der Waals surface area contributed by atoms with Crippen LogP contribution in [0.3, 0.4) is 0 Å². The number of urea groups is 1. The Balaban J connectivity index is 1.27. The second kappa shape index (κ2) is 12.5. The van der Waals surface area contributed by atoms with E-state index >= 15 is 0 Å². The lowest BCUT2D eigenvalue weighted by molar-refractivity contribution is -0.274. The third-order valence-electron chi connectivity index (χ3n) is 6.96. The average molecular weight is 609 g/mol. The van der Waals surface area contributed by atoms with Gasteiger partial charge in [0.1, 0.15) is 12.1 Å². The van der Waals surface area contributed by atoms with Crippen LogP contribution in [-0.2, 0) is 12.0 Å². The van der Waals surface area contributed by atoms with Crippen molar-refractivity contribution >= 4 is 28.6 Å². The standard InChI is InChI=1S/C31H31F3N6O2S/c1-4-21-8-5-6-9-26(21)39-18-7-19-43-29(39)36-28(41)37-30(2,3)23-12-10-22(11-13-23)27-35-20-40(38-27)24-14-16-25(17-15-24)42-31(32,33)34/h5-6,8-17,20H,4,7,18-19H2,1-3H3,(H,37,41)/b36-29-. The number of carbonyl (C=O) groups excluding carboxylic acids is 1. The number of carbonyl (C=O) groups is 1. The van der Waals surface area contributed by atoms with Gasteiger partial charge in [-0.3, -0.25) is 0 Å². The zero-order chi connectivity index (χ0) is 30.6. The van der Waals surface area contributed by atoms with E-state index in [0.717, 1.165) is 42.0 Å². The number of halogens is 3. The molecule has 8 nitrogen and oxygen atoms in total. The first-order valence-electron chi connectivity index (χ1n) is 13.8. The van der Waals surface area contributed by atoms with Crippen molar-refractivity contribution < 1.29 is 22.7 Å². The third kappa shape index (κ3) is 7.37. The number of nitrogens with zero attached hydrogens (tertiary/aromatic N) is 5. The smallest absolute Gasteiger partial charge is 0.406 e. The minimum absolute atomic E-state index is 0.315.